The zero-order valence-electron chi connectivity index (χ0n) is 17.4. The predicted octanol–water partition coefficient (Wildman–Crippen LogP) is 2.14. The third-order valence-corrected chi connectivity index (χ3v) is 6.42. The molecule has 2 saturated heterocycles. The van der Waals surface area contributed by atoms with Crippen molar-refractivity contribution in [1.29, 1.82) is 0 Å². The van der Waals surface area contributed by atoms with E-state index in [9.17, 15) is 14.7 Å². The smallest absolute Gasteiger partial charge is 0.196 e. The van der Waals surface area contributed by atoms with Gasteiger partial charge >= 0.3 is 0 Å². The van der Waals surface area contributed by atoms with Crippen LogP contribution >= 0.6 is 0 Å². The maximum atomic E-state index is 13.4. The Bertz CT molecular complexity index is 1020. The number of carbonyl (C=O) groups is 2. The first-order chi connectivity index (χ1) is 15.2. The molecule has 162 valence electrons. The normalized spacial score (nSPS) is 22.2. The number of epoxide rings is 1. The zero-order chi connectivity index (χ0) is 21.4. The van der Waals surface area contributed by atoms with Crippen LogP contribution in [0.15, 0.2) is 36.4 Å². The highest BCUT2D eigenvalue weighted by Gasteiger charge is 2.34. The fourth-order valence-electron chi connectivity index (χ4n) is 4.66. The summed E-state index contributed by atoms with van der Waals surface area (Å²) in [5.41, 5.74) is 3.12. The van der Waals surface area contributed by atoms with E-state index in [1.54, 1.807) is 24.3 Å². The molecule has 0 radical (unpaired) electrons. The van der Waals surface area contributed by atoms with Gasteiger partial charge in [-0.25, -0.2) is 0 Å². The van der Waals surface area contributed by atoms with E-state index in [4.69, 9.17) is 4.74 Å². The molecular weight excluding hydrogens is 394 g/mol. The third-order valence-electron chi connectivity index (χ3n) is 6.42. The standard InChI is InChI=1S/C24H27N3O4/c28-13-15-4-3-10-27(15)11-9-25-19-7-8-20(26-12-16-14-31-16)22-21(19)23(29)17-5-1-2-6-18(17)24(22)30/h1-2,5-8,15-16,25-26,28H,3-4,9-14H2. The van der Waals surface area contributed by atoms with Crippen LogP contribution in [-0.2, 0) is 4.74 Å². The predicted molar refractivity (Wildman–Crippen MR) is 118 cm³/mol. The molecule has 7 heteroatoms. The van der Waals surface area contributed by atoms with Gasteiger partial charge in [0.05, 0.1) is 30.4 Å². The third kappa shape index (κ3) is 3.84. The van der Waals surface area contributed by atoms with Crippen LogP contribution < -0.4 is 10.6 Å². The number of nitrogens with one attached hydrogen (secondary N) is 2. The Morgan fingerprint density at radius 2 is 1.65 bits per heavy atom. The van der Waals surface area contributed by atoms with E-state index in [2.05, 4.69) is 15.5 Å². The molecule has 2 atom stereocenters. The molecule has 3 aliphatic rings. The lowest BCUT2D eigenvalue weighted by molar-refractivity contribution is 0.0980. The summed E-state index contributed by atoms with van der Waals surface area (Å²) in [6.45, 7) is 3.88. The largest absolute Gasteiger partial charge is 0.395 e. The van der Waals surface area contributed by atoms with E-state index < -0.39 is 0 Å². The van der Waals surface area contributed by atoms with E-state index in [1.807, 2.05) is 12.1 Å². The lowest BCUT2D eigenvalue weighted by Crippen LogP contribution is -2.36. The molecular formula is C24H27N3O4. The highest BCUT2D eigenvalue weighted by atomic mass is 16.6. The molecule has 3 N–H and O–H groups in total. The van der Waals surface area contributed by atoms with Gasteiger partial charge in [0.25, 0.3) is 0 Å². The SMILES string of the molecule is O=C1c2ccccc2C(=O)c2c(NCC3CO3)ccc(NCCN3CCCC3CO)c21. The van der Waals surface area contributed by atoms with Crippen LogP contribution in [0.5, 0.6) is 0 Å². The second-order valence-corrected chi connectivity index (χ2v) is 8.39. The number of nitrogens with zero attached hydrogens (tertiary/aromatic N) is 1. The maximum absolute atomic E-state index is 13.4. The van der Waals surface area contributed by atoms with Crippen LogP contribution in [0.3, 0.4) is 0 Å². The Balaban J connectivity index is 1.43. The molecule has 2 heterocycles. The summed E-state index contributed by atoms with van der Waals surface area (Å²) in [6.07, 6.45) is 2.27. The number of hydrogen-bond donors (Lipinski definition) is 3. The van der Waals surface area contributed by atoms with Gasteiger partial charge in [0.2, 0.25) is 0 Å². The molecule has 2 fully saturated rings. The number of hydrogen-bond acceptors (Lipinski definition) is 7. The molecule has 2 aliphatic heterocycles. The molecule has 2 aromatic carbocycles. The fourth-order valence-corrected chi connectivity index (χ4v) is 4.66. The van der Waals surface area contributed by atoms with E-state index >= 15 is 0 Å². The van der Waals surface area contributed by atoms with E-state index in [0.717, 1.165) is 32.5 Å². The Kier molecular flexibility index (Phi) is 5.48. The lowest BCUT2D eigenvalue weighted by Gasteiger charge is -2.25. The molecule has 0 spiro atoms. The summed E-state index contributed by atoms with van der Waals surface area (Å²) in [5, 5.41) is 16.2. The molecule has 2 unspecified atom stereocenters. The summed E-state index contributed by atoms with van der Waals surface area (Å²) in [7, 11) is 0. The van der Waals surface area contributed by atoms with Crippen molar-refractivity contribution < 1.29 is 19.4 Å². The van der Waals surface area contributed by atoms with Crippen LogP contribution in [0.4, 0.5) is 11.4 Å². The van der Waals surface area contributed by atoms with E-state index in [1.165, 1.54) is 0 Å². The molecule has 7 nitrogen and oxygen atoms in total. The minimum absolute atomic E-state index is 0.131. The number of likely N-dealkylation sites (tertiary alicyclic amines) is 1. The first-order valence-corrected chi connectivity index (χ1v) is 11.0. The van der Waals surface area contributed by atoms with Gasteiger partial charge in [-0.05, 0) is 31.5 Å². The van der Waals surface area contributed by atoms with Crippen molar-refractivity contribution in [2.24, 2.45) is 0 Å². The molecule has 2 aromatic rings. The Morgan fingerprint density at radius 3 is 2.26 bits per heavy atom. The molecule has 31 heavy (non-hydrogen) atoms. The number of ketones is 2. The van der Waals surface area contributed by atoms with E-state index in [0.29, 0.717) is 46.7 Å². The Hall–Kier alpha value is -2.74. The van der Waals surface area contributed by atoms with Gasteiger partial charge < -0.3 is 20.5 Å². The average Bonchev–Trinajstić information content (AvgIpc) is 3.52. The topological polar surface area (TPSA) is 94.2 Å². The first kappa shape index (κ1) is 20.2. The van der Waals surface area contributed by atoms with Gasteiger partial charge in [-0.2, -0.15) is 0 Å². The fraction of sp³-hybridized carbons (Fsp3) is 0.417. The van der Waals surface area contributed by atoms with Crippen molar-refractivity contribution in [3.63, 3.8) is 0 Å². The number of aliphatic hydroxyl groups excluding tert-OH is 1. The molecule has 5 rings (SSSR count). The van der Waals surface area contributed by atoms with Crippen LogP contribution in [0.2, 0.25) is 0 Å². The molecule has 0 bridgehead atoms. The molecule has 0 aromatic heterocycles. The van der Waals surface area contributed by atoms with Gasteiger partial charge in [-0.1, -0.05) is 24.3 Å². The number of fused-ring (bicyclic) bond motifs is 2. The summed E-state index contributed by atoms with van der Waals surface area (Å²) < 4.78 is 5.27. The van der Waals surface area contributed by atoms with Crippen LogP contribution in [0.25, 0.3) is 0 Å². The van der Waals surface area contributed by atoms with Crippen LogP contribution in [0, 0.1) is 0 Å². The number of aliphatic hydroxyl groups is 1. The van der Waals surface area contributed by atoms with Crippen LogP contribution in [-0.4, -0.2) is 73.1 Å². The number of benzene rings is 2. The minimum Gasteiger partial charge on any atom is -0.395 e. The van der Waals surface area contributed by atoms with Gasteiger partial charge in [0.15, 0.2) is 11.6 Å². The van der Waals surface area contributed by atoms with Crippen molar-refractivity contribution in [2.75, 3.05) is 50.0 Å². The monoisotopic (exact) mass is 421 g/mol. The summed E-state index contributed by atoms with van der Waals surface area (Å²) >= 11 is 0. The summed E-state index contributed by atoms with van der Waals surface area (Å²) in [4.78, 5) is 29.0. The summed E-state index contributed by atoms with van der Waals surface area (Å²) in [5.74, 6) is -0.263. The average molecular weight is 421 g/mol. The van der Waals surface area contributed by atoms with Gasteiger partial charge in [0, 0.05) is 48.2 Å². The van der Waals surface area contributed by atoms with Crippen molar-refractivity contribution in [1.82, 2.24) is 4.90 Å². The van der Waals surface area contributed by atoms with Crippen molar-refractivity contribution in [3.05, 3.63) is 58.7 Å². The van der Waals surface area contributed by atoms with Gasteiger partial charge in [-0.3, -0.25) is 14.5 Å². The second-order valence-electron chi connectivity index (χ2n) is 8.39. The number of carbonyl (C=O) groups excluding carboxylic acids is 2. The highest BCUT2D eigenvalue weighted by molar-refractivity contribution is 6.31. The number of anilines is 2. The lowest BCUT2D eigenvalue weighted by atomic mass is 9.82. The van der Waals surface area contributed by atoms with Crippen molar-refractivity contribution in [2.45, 2.75) is 25.0 Å². The molecule has 0 saturated carbocycles. The van der Waals surface area contributed by atoms with Gasteiger partial charge in [0.1, 0.15) is 0 Å². The first-order valence-electron chi connectivity index (χ1n) is 11.0. The Labute approximate surface area is 181 Å². The van der Waals surface area contributed by atoms with E-state index in [-0.39, 0.29) is 30.3 Å². The maximum Gasteiger partial charge on any atom is 0.196 e. The minimum atomic E-state index is -0.132. The molecule has 1 aliphatic carbocycles. The van der Waals surface area contributed by atoms with Crippen LogP contribution in [0.1, 0.15) is 44.7 Å². The van der Waals surface area contributed by atoms with Crippen molar-refractivity contribution in [3.8, 4) is 0 Å². The zero-order valence-corrected chi connectivity index (χ0v) is 17.4. The van der Waals surface area contributed by atoms with Gasteiger partial charge in [-0.15, -0.1) is 0 Å². The summed E-state index contributed by atoms with van der Waals surface area (Å²) in [6, 6.07) is 11.0. The number of ether oxygens (including phenoxy) is 1. The quantitative estimate of drug-likeness (QED) is 0.480. The van der Waals surface area contributed by atoms with Crippen molar-refractivity contribution >= 4 is 22.9 Å². The Morgan fingerprint density at radius 1 is 1.00 bits per heavy atom. The molecule has 0 amide bonds. The second kappa shape index (κ2) is 8.42. The highest BCUT2D eigenvalue weighted by Crippen LogP contribution is 2.36. The number of rotatable bonds is 8.